The van der Waals surface area contributed by atoms with Crippen molar-refractivity contribution in [3.63, 3.8) is 0 Å². The van der Waals surface area contributed by atoms with E-state index in [4.69, 9.17) is 0 Å². The molecule has 2 amide bonds. The summed E-state index contributed by atoms with van der Waals surface area (Å²) in [5.41, 5.74) is -1.12. The van der Waals surface area contributed by atoms with Crippen LogP contribution in [0.1, 0.15) is 32.6 Å². The molecule has 2 rings (SSSR count). The number of hydrogen-bond donors (Lipinski definition) is 2. The van der Waals surface area contributed by atoms with Gasteiger partial charge in [-0.2, -0.15) is 0 Å². The minimum Gasteiger partial charge on any atom is -0.394 e. The fourth-order valence-electron chi connectivity index (χ4n) is 2.94. The molecule has 2 bridgehead atoms. The van der Waals surface area contributed by atoms with Gasteiger partial charge in [-0.3, -0.25) is 14.5 Å². The zero-order valence-electron chi connectivity index (χ0n) is 10.1. The third-order valence-electron chi connectivity index (χ3n) is 4.29. The van der Waals surface area contributed by atoms with Crippen molar-refractivity contribution in [2.24, 2.45) is 11.8 Å². The average Bonchev–Trinajstić information content (AvgIpc) is 2.80. The Hall–Kier alpha value is -0.940. The fourth-order valence-corrected chi connectivity index (χ4v) is 2.94. The number of carbonyl (C=O) groups is 2. The highest BCUT2D eigenvalue weighted by atomic mass is 16.3. The zero-order valence-corrected chi connectivity index (χ0v) is 10.1. The third-order valence-corrected chi connectivity index (χ3v) is 4.29. The van der Waals surface area contributed by atoms with Gasteiger partial charge < -0.3 is 10.2 Å². The van der Waals surface area contributed by atoms with Crippen molar-refractivity contribution >= 4 is 11.8 Å². The number of piperidine rings is 1. The van der Waals surface area contributed by atoms with E-state index < -0.39 is 5.54 Å². The Bertz CT molecular complexity index is 307. The van der Waals surface area contributed by atoms with Gasteiger partial charge in [-0.25, -0.2) is 0 Å². The Morgan fingerprint density at radius 1 is 1.18 bits per heavy atom. The molecule has 0 radical (unpaired) electrons. The largest absolute Gasteiger partial charge is 0.394 e. The first kappa shape index (κ1) is 12.5. The lowest BCUT2D eigenvalue weighted by Crippen LogP contribution is -2.62. The molecule has 5 nitrogen and oxygen atoms in total. The van der Waals surface area contributed by atoms with Crippen LogP contribution in [0.15, 0.2) is 0 Å². The quantitative estimate of drug-likeness (QED) is 0.674. The topological polar surface area (TPSA) is 77.8 Å². The van der Waals surface area contributed by atoms with Gasteiger partial charge >= 0.3 is 0 Å². The van der Waals surface area contributed by atoms with Gasteiger partial charge in [-0.1, -0.05) is 6.92 Å². The maximum Gasteiger partial charge on any atom is 0.232 e. The fraction of sp³-hybridized carbons (Fsp3) is 0.833. The van der Waals surface area contributed by atoms with E-state index in [2.05, 4.69) is 0 Å². The van der Waals surface area contributed by atoms with Gasteiger partial charge in [0.25, 0.3) is 0 Å². The van der Waals surface area contributed by atoms with E-state index in [0.717, 1.165) is 17.7 Å². The minimum atomic E-state index is -1.12. The van der Waals surface area contributed by atoms with Crippen molar-refractivity contribution in [3.05, 3.63) is 0 Å². The van der Waals surface area contributed by atoms with Gasteiger partial charge in [0.1, 0.15) is 0 Å². The molecule has 1 aliphatic carbocycles. The van der Waals surface area contributed by atoms with Gasteiger partial charge in [0.15, 0.2) is 0 Å². The summed E-state index contributed by atoms with van der Waals surface area (Å²) in [6.45, 7) is 1.01. The monoisotopic (exact) mass is 241 g/mol. The Balaban J connectivity index is 2.35. The second-order valence-electron chi connectivity index (χ2n) is 5.11. The first-order chi connectivity index (χ1) is 8.09. The number of imide groups is 1. The van der Waals surface area contributed by atoms with Crippen molar-refractivity contribution in [1.29, 1.82) is 0 Å². The van der Waals surface area contributed by atoms with E-state index in [9.17, 15) is 19.8 Å². The molecule has 0 aromatic rings. The van der Waals surface area contributed by atoms with Crippen LogP contribution in [0.4, 0.5) is 0 Å². The van der Waals surface area contributed by atoms with Gasteiger partial charge in [0.05, 0.1) is 18.8 Å². The van der Waals surface area contributed by atoms with Crippen LogP contribution >= 0.6 is 0 Å². The van der Waals surface area contributed by atoms with Crippen molar-refractivity contribution in [3.8, 4) is 0 Å². The Kier molecular flexibility index (Phi) is 3.23. The summed E-state index contributed by atoms with van der Waals surface area (Å²) < 4.78 is 0. The third kappa shape index (κ3) is 1.68. The van der Waals surface area contributed by atoms with Crippen LogP contribution in [0.25, 0.3) is 0 Å². The first-order valence-corrected chi connectivity index (χ1v) is 6.19. The van der Waals surface area contributed by atoms with Crippen LogP contribution < -0.4 is 0 Å². The number of rotatable bonds is 4. The number of nitrogens with zero attached hydrogens (tertiary/aromatic N) is 1. The van der Waals surface area contributed by atoms with Gasteiger partial charge in [0.2, 0.25) is 11.8 Å². The molecule has 5 heteroatoms. The van der Waals surface area contributed by atoms with E-state index >= 15 is 0 Å². The van der Waals surface area contributed by atoms with Crippen LogP contribution in [0.3, 0.4) is 0 Å². The van der Waals surface area contributed by atoms with Crippen LogP contribution in [0.5, 0.6) is 0 Å². The number of likely N-dealkylation sites (tertiary alicyclic amines) is 1. The Morgan fingerprint density at radius 3 is 2.00 bits per heavy atom. The molecule has 2 N–H and O–H groups in total. The summed E-state index contributed by atoms with van der Waals surface area (Å²) in [5, 5.41) is 18.9. The van der Waals surface area contributed by atoms with Gasteiger partial charge in [0, 0.05) is 11.8 Å². The molecule has 1 saturated heterocycles. The summed E-state index contributed by atoms with van der Waals surface area (Å²) in [5.74, 6) is -0.620. The van der Waals surface area contributed by atoms with Crippen LogP contribution in [0.2, 0.25) is 0 Å². The highest BCUT2D eigenvalue weighted by Crippen LogP contribution is 2.41. The van der Waals surface area contributed by atoms with E-state index in [1.165, 1.54) is 0 Å². The summed E-state index contributed by atoms with van der Waals surface area (Å²) in [4.78, 5) is 25.6. The molecule has 0 spiro atoms. The first-order valence-electron chi connectivity index (χ1n) is 6.19. The second kappa shape index (κ2) is 4.38. The van der Waals surface area contributed by atoms with Gasteiger partial charge in [-0.05, 0) is 25.7 Å². The van der Waals surface area contributed by atoms with E-state index in [-0.39, 0.29) is 36.9 Å². The van der Waals surface area contributed by atoms with Crippen LogP contribution in [0, 0.1) is 11.8 Å². The highest BCUT2D eigenvalue weighted by Gasteiger charge is 2.52. The Labute approximate surface area is 100 Å². The molecule has 1 saturated carbocycles. The van der Waals surface area contributed by atoms with E-state index in [1.54, 1.807) is 6.92 Å². The summed E-state index contributed by atoms with van der Waals surface area (Å²) in [7, 11) is 0. The van der Waals surface area contributed by atoms with Crippen LogP contribution in [-0.4, -0.2) is 45.7 Å². The molecule has 17 heavy (non-hydrogen) atoms. The number of hydrogen-bond acceptors (Lipinski definition) is 4. The lowest BCUT2D eigenvalue weighted by atomic mass is 9.88. The Morgan fingerprint density at radius 2 is 1.65 bits per heavy atom. The SMILES string of the molecule is CCC(CO)(CO)N1C(=O)C2CCC(C2)C1=O. The predicted molar refractivity (Wildman–Crippen MR) is 59.9 cm³/mol. The molecule has 2 fully saturated rings. The minimum absolute atomic E-state index is 0.0956. The standard InChI is InChI=1S/C12H19NO4/c1-2-12(6-14,7-15)13-10(16)8-3-4-9(5-8)11(13)17/h8-9,14-15H,2-7H2,1H3. The number of amides is 2. The van der Waals surface area contributed by atoms with Crippen molar-refractivity contribution in [2.45, 2.75) is 38.1 Å². The molecule has 0 aromatic carbocycles. The summed E-state index contributed by atoms with van der Waals surface area (Å²) >= 11 is 0. The van der Waals surface area contributed by atoms with Crippen molar-refractivity contribution < 1.29 is 19.8 Å². The number of carbonyl (C=O) groups excluding carboxylic acids is 2. The van der Waals surface area contributed by atoms with E-state index in [1.807, 2.05) is 0 Å². The molecule has 96 valence electrons. The molecular formula is C12H19NO4. The smallest absolute Gasteiger partial charge is 0.232 e. The highest BCUT2D eigenvalue weighted by molar-refractivity contribution is 6.01. The number of fused-ring (bicyclic) bond motifs is 2. The number of aliphatic hydroxyl groups is 2. The predicted octanol–water partition coefficient (Wildman–Crippen LogP) is -0.0951. The molecular weight excluding hydrogens is 222 g/mol. The summed E-state index contributed by atoms with van der Waals surface area (Å²) in [6, 6.07) is 0. The number of aliphatic hydroxyl groups excluding tert-OH is 2. The molecule has 2 unspecified atom stereocenters. The normalized spacial score (nSPS) is 29.0. The maximum absolute atomic E-state index is 12.2. The second-order valence-corrected chi connectivity index (χ2v) is 5.11. The van der Waals surface area contributed by atoms with E-state index in [0.29, 0.717) is 12.8 Å². The molecule has 1 aliphatic heterocycles. The molecule has 1 heterocycles. The van der Waals surface area contributed by atoms with Crippen molar-refractivity contribution in [2.75, 3.05) is 13.2 Å². The molecule has 0 aromatic heterocycles. The van der Waals surface area contributed by atoms with Crippen LogP contribution in [-0.2, 0) is 9.59 Å². The maximum atomic E-state index is 12.2. The average molecular weight is 241 g/mol. The van der Waals surface area contributed by atoms with Gasteiger partial charge in [-0.15, -0.1) is 0 Å². The van der Waals surface area contributed by atoms with Crippen molar-refractivity contribution in [1.82, 2.24) is 4.90 Å². The zero-order chi connectivity index (χ0) is 12.6. The lowest BCUT2D eigenvalue weighted by molar-refractivity contribution is -0.166. The lowest BCUT2D eigenvalue weighted by Gasteiger charge is -2.43. The molecule has 2 atom stereocenters. The summed E-state index contributed by atoms with van der Waals surface area (Å²) in [6.07, 6.45) is 2.52. The molecule has 2 aliphatic rings.